The van der Waals surface area contributed by atoms with E-state index in [-0.39, 0.29) is 0 Å². The summed E-state index contributed by atoms with van der Waals surface area (Å²) in [5.41, 5.74) is 2.24. The molecule has 0 unspecified atom stereocenters. The van der Waals surface area contributed by atoms with E-state index < -0.39 is 5.97 Å². The predicted molar refractivity (Wildman–Crippen MR) is 93.2 cm³/mol. The maximum atomic E-state index is 11.0. The van der Waals surface area contributed by atoms with Crippen molar-refractivity contribution >= 4 is 35.1 Å². The van der Waals surface area contributed by atoms with Crippen LogP contribution in [0.15, 0.2) is 34.7 Å². The van der Waals surface area contributed by atoms with Crippen molar-refractivity contribution in [1.29, 1.82) is 0 Å². The van der Waals surface area contributed by atoms with E-state index in [1.54, 1.807) is 22.8 Å². The van der Waals surface area contributed by atoms with Crippen molar-refractivity contribution in [3.63, 3.8) is 0 Å². The first-order chi connectivity index (χ1) is 12.0. The zero-order chi connectivity index (χ0) is 18.0. The zero-order valence-electron chi connectivity index (χ0n) is 13.8. The number of pyridine rings is 1. The quantitative estimate of drug-likeness (QED) is 0.299. The number of hydrogen-bond donors (Lipinski definition) is 0. The van der Waals surface area contributed by atoms with Crippen molar-refractivity contribution in [3.05, 3.63) is 46.3 Å². The Bertz CT molecular complexity index is 996. The predicted octanol–water partition coefficient (Wildman–Crippen LogP) is 2.04. The standard InChI is InChI=1S/C15H15ClN6O2S/c1-9-6-13(20-24-10(2)23)22-15(18-14(19-22)25-3)21(9)8-11-4-5-12(16)17-7-11/h4-7H,8H2,1-3H3. The van der Waals surface area contributed by atoms with E-state index in [2.05, 4.69) is 20.2 Å². The molecule has 0 saturated carbocycles. The van der Waals surface area contributed by atoms with Gasteiger partial charge in [0.05, 0.1) is 6.54 Å². The largest absolute Gasteiger partial charge is 0.332 e. The van der Waals surface area contributed by atoms with E-state index in [1.165, 1.54) is 18.7 Å². The fraction of sp³-hybridized carbons (Fsp3) is 0.267. The first kappa shape index (κ1) is 17.4. The van der Waals surface area contributed by atoms with E-state index in [4.69, 9.17) is 16.4 Å². The molecule has 0 saturated heterocycles. The summed E-state index contributed by atoms with van der Waals surface area (Å²) in [6, 6.07) is 5.42. The Morgan fingerprint density at radius 3 is 2.88 bits per heavy atom. The lowest BCUT2D eigenvalue weighted by Crippen LogP contribution is -2.22. The fourth-order valence-electron chi connectivity index (χ4n) is 2.24. The van der Waals surface area contributed by atoms with Crippen LogP contribution in [0.4, 0.5) is 0 Å². The van der Waals surface area contributed by atoms with Crippen LogP contribution in [0.1, 0.15) is 18.2 Å². The SMILES string of the molecule is CSc1nc2n(Cc3ccc(Cl)nc3)c(C)cc(=NOC(C)=O)n2n1. The molecular formula is C15H15ClN6O2S. The number of fused-ring (bicyclic) bond motifs is 1. The lowest BCUT2D eigenvalue weighted by molar-refractivity contribution is -0.141. The maximum absolute atomic E-state index is 11.0. The molecule has 3 aromatic rings. The van der Waals surface area contributed by atoms with Gasteiger partial charge in [0.15, 0.2) is 5.49 Å². The minimum absolute atomic E-state index is 0.390. The molecule has 0 bridgehead atoms. The van der Waals surface area contributed by atoms with Crippen LogP contribution in [0.2, 0.25) is 5.15 Å². The summed E-state index contributed by atoms with van der Waals surface area (Å²) in [6.45, 7) is 3.75. The molecule has 10 heteroatoms. The number of halogens is 1. The third-order valence-electron chi connectivity index (χ3n) is 3.37. The molecule has 0 aliphatic rings. The third-order valence-corrected chi connectivity index (χ3v) is 4.13. The summed E-state index contributed by atoms with van der Waals surface area (Å²) < 4.78 is 3.52. The number of carbonyl (C=O) groups is 1. The summed E-state index contributed by atoms with van der Waals surface area (Å²) >= 11 is 7.26. The molecule has 0 aliphatic carbocycles. The molecule has 0 atom stereocenters. The van der Waals surface area contributed by atoms with E-state index in [0.717, 1.165) is 11.3 Å². The van der Waals surface area contributed by atoms with Crippen LogP contribution in [-0.4, -0.2) is 36.4 Å². The zero-order valence-corrected chi connectivity index (χ0v) is 15.4. The molecule has 3 rings (SSSR count). The van der Waals surface area contributed by atoms with E-state index in [9.17, 15) is 4.79 Å². The van der Waals surface area contributed by atoms with Crippen LogP contribution in [0.3, 0.4) is 0 Å². The normalized spacial score (nSPS) is 11.9. The topological polar surface area (TPSA) is 86.7 Å². The monoisotopic (exact) mass is 378 g/mol. The molecule has 8 nitrogen and oxygen atoms in total. The van der Waals surface area contributed by atoms with Crippen molar-refractivity contribution in [3.8, 4) is 0 Å². The Labute approximate surface area is 152 Å². The van der Waals surface area contributed by atoms with Gasteiger partial charge in [-0.3, -0.25) is 0 Å². The van der Waals surface area contributed by atoms with Crippen molar-refractivity contribution in [2.24, 2.45) is 5.16 Å². The van der Waals surface area contributed by atoms with Gasteiger partial charge in [0.25, 0.3) is 0 Å². The Balaban J connectivity index is 2.15. The Hall–Kier alpha value is -2.39. The number of hydrogen-bond acceptors (Lipinski definition) is 7. The number of thioether (sulfide) groups is 1. The van der Waals surface area contributed by atoms with E-state index in [0.29, 0.717) is 28.1 Å². The molecule has 0 aromatic carbocycles. The smallest absolute Gasteiger partial charge is 0.316 e. The molecule has 0 amide bonds. The lowest BCUT2D eigenvalue weighted by Gasteiger charge is -2.12. The summed E-state index contributed by atoms with van der Waals surface area (Å²) in [6.07, 6.45) is 3.60. The van der Waals surface area contributed by atoms with Crippen LogP contribution < -0.4 is 5.49 Å². The van der Waals surface area contributed by atoms with Crippen molar-refractivity contribution < 1.29 is 9.63 Å². The molecule has 130 valence electrons. The second-order valence-corrected chi connectivity index (χ2v) is 6.36. The second-order valence-electron chi connectivity index (χ2n) is 5.20. The molecule has 0 aliphatic heterocycles. The third kappa shape index (κ3) is 3.83. The van der Waals surface area contributed by atoms with Gasteiger partial charge in [0, 0.05) is 24.9 Å². The molecule has 0 fully saturated rings. The van der Waals surface area contributed by atoms with Gasteiger partial charge in [0.2, 0.25) is 10.9 Å². The molecule has 0 radical (unpaired) electrons. The minimum atomic E-state index is -0.500. The van der Waals surface area contributed by atoms with Crippen molar-refractivity contribution in [2.75, 3.05) is 6.26 Å². The highest BCUT2D eigenvalue weighted by molar-refractivity contribution is 7.98. The number of rotatable bonds is 4. The fourth-order valence-corrected chi connectivity index (χ4v) is 2.69. The highest BCUT2D eigenvalue weighted by Crippen LogP contribution is 2.14. The van der Waals surface area contributed by atoms with Crippen LogP contribution in [0.25, 0.3) is 5.78 Å². The van der Waals surface area contributed by atoms with Gasteiger partial charge in [0.1, 0.15) is 5.15 Å². The number of aromatic nitrogens is 5. The number of nitrogens with zero attached hydrogens (tertiary/aromatic N) is 6. The van der Waals surface area contributed by atoms with Crippen LogP contribution in [-0.2, 0) is 16.2 Å². The molecule has 25 heavy (non-hydrogen) atoms. The molecule has 3 aromatic heterocycles. The van der Waals surface area contributed by atoms with Gasteiger partial charge in [-0.15, -0.1) is 5.10 Å². The molecule has 3 heterocycles. The van der Waals surface area contributed by atoms with E-state index in [1.807, 2.05) is 23.8 Å². The lowest BCUT2D eigenvalue weighted by atomic mass is 10.2. The Morgan fingerprint density at radius 1 is 1.44 bits per heavy atom. The summed E-state index contributed by atoms with van der Waals surface area (Å²) in [4.78, 5) is 24.4. The van der Waals surface area contributed by atoms with Gasteiger partial charge in [-0.2, -0.15) is 9.50 Å². The van der Waals surface area contributed by atoms with Crippen LogP contribution in [0, 0.1) is 6.92 Å². The van der Waals surface area contributed by atoms with Crippen molar-refractivity contribution in [1.82, 2.24) is 24.1 Å². The maximum Gasteiger partial charge on any atom is 0.332 e. The first-order valence-electron chi connectivity index (χ1n) is 7.31. The highest BCUT2D eigenvalue weighted by atomic mass is 35.5. The summed E-state index contributed by atoms with van der Waals surface area (Å²) in [5.74, 6) is 0.0881. The van der Waals surface area contributed by atoms with Gasteiger partial charge in [-0.1, -0.05) is 34.6 Å². The van der Waals surface area contributed by atoms with Crippen LogP contribution >= 0.6 is 23.4 Å². The van der Waals surface area contributed by atoms with Gasteiger partial charge < -0.3 is 9.40 Å². The Morgan fingerprint density at radius 2 is 2.24 bits per heavy atom. The number of carbonyl (C=O) groups excluding carboxylic acids is 1. The molecule has 0 spiro atoms. The number of aryl methyl sites for hydroxylation is 1. The average molecular weight is 379 g/mol. The molecule has 0 N–H and O–H groups in total. The summed E-state index contributed by atoms with van der Waals surface area (Å²) in [5, 5.41) is 9.29. The van der Waals surface area contributed by atoms with Crippen LogP contribution in [0.5, 0.6) is 0 Å². The second kappa shape index (κ2) is 7.24. The van der Waals surface area contributed by atoms with Gasteiger partial charge in [-0.25, -0.2) is 9.78 Å². The summed E-state index contributed by atoms with van der Waals surface area (Å²) in [7, 11) is 0. The van der Waals surface area contributed by atoms with E-state index >= 15 is 0 Å². The highest BCUT2D eigenvalue weighted by Gasteiger charge is 2.12. The molecular weight excluding hydrogens is 364 g/mol. The van der Waals surface area contributed by atoms with Gasteiger partial charge >= 0.3 is 5.97 Å². The Kier molecular flexibility index (Phi) is 5.05. The van der Waals surface area contributed by atoms with Crippen molar-refractivity contribution in [2.45, 2.75) is 25.5 Å². The minimum Gasteiger partial charge on any atom is -0.316 e. The first-order valence-corrected chi connectivity index (χ1v) is 8.91. The van der Waals surface area contributed by atoms with Gasteiger partial charge in [-0.05, 0) is 24.8 Å². The average Bonchev–Trinajstić information content (AvgIpc) is 3.02.